The Morgan fingerprint density at radius 2 is 2.10 bits per heavy atom. The van der Waals surface area contributed by atoms with E-state index in [1.54, 1.807) is 18.2 Å². The molecule has 21 heavy (non-hydrogen) atoms. The number of ether oxygens (including phenoxy) is 1. The lowest BCUT2D eigenvalue weighted by Gasteiger charge is -2.31. The standard InChI is InChI=1S/C16H14Cl2O3/c1-16-11-5-4-10(21-11)13(16)14(19)12(15(16)20)8-6-7(17)2-3-9(8)18/h2-3,6,10-11,13,19H,4-5H2,1H3/t10-,11+,13+,16+/m1/s1. The molecule has 0 amide bonds. The Hall–Kier alpha value is -1.03. The summed E-state index contributed by atoms with van der Waals surface area (Å²) in [4.78, 5) is 13.0. The smallest absolute Gasteiger partial charge is 0.176 e. The van der Waals surface area contributed by atoms with E-state index in [9.17, 15) is 9.90 Å². The van der Waals surface area contributed by atoms with Crippen LogP contribution in [0.3, 0.4) is 0 Å². The van der Waals surface area contributed by atoms with Crippen LogP contribution in [0.25, 0.3) is 5.57 Å². The molecule has 1 aromatic rings. The molecule has 3 nitrogen and oxygen atoms in total. The number of hydrogen-bond donors (Lipinski definition) is 1. The van der Waals surface area contributed by atoms with Crippen LogP contribution in [0.4, 0.5) is 0 Å². The van der Waals surface area contributed by atoms with Crippen LogP contribution >= 0.6 is 23.2 Å². The molecular weight excluding hydrogens is 311 g/mol. The number of fused-ring (bicyclic) bond motifs is 5. The van der Waals surface area contributed by atoms with Gasteiger partial charge in [-0.15, -0.1) is 0 Å². The maximum atomic E-state index is 13.0. The van der Waals surface area contributed by atoms with Gasteiger partial charge in [0, 0.05) is 15.6 Å². The van der Waals surface area contributed by atoms with Gasteiger partial charge in [-0.1, -0.05) is 23.2 Å². The summed E-state index contributed by atoms with van der Waals surface area (Å²) < 4.78 is 5.85. The van der Waals surface area contributed by atoms with Gasteiger partial charge in [0.15, 0.2) is 5.78 Å². The summed E-state index contributed by atoms with van der Waals surface area (Å²) in [5, 5.41) is 11.6. The van der Waals surface area contributed by atoms with Crippen molar-refractivity contribution in [2.45, 2.75) is 32.0 Å². The second-order valence-electron chi connectivity index (χ2n) is 6.21. The highest BCUT2D eigenvalue weighted by Gasteiger charge is 2.66. The number of Topliss-reactive ketones (excluding diaryl/α,β-unsaturated/α-hetero) is 1. The van der Waals surface area contributed by atoms with Gasteiger partial charge in [0.05, 0.1) is 29.1 Å². The number of aliphatic hydroxyl groups is 1. The van der Waals surface area contributed by atoms with Crippen LogP contribution in [-0.4, -0.2) is 23.1 Å². The maximum absolute atomic E-state index is 13.0. The number of allylic oxidation sites excluding steroid dienone is 1. The molecule has 3 aliphatic rings. The Morgan fingerprint density at radius 1 is 1.33 bits per heavy atom. The fourth-order valence-electron chi connectivity index (χ4n) is 4.17. The maximum Gasteiger partial charge on any atom is 0.176 e. The summed E-state index contributed by atoms with van der Waals surface area (Å²) in [5.74, 6) is -0.228. The largest absolute Gasteiger partial charge is 0.511 e. The molecule has 1 aliphatic carbocycles. The Kier molecular flexibility index (Phi) is 2.76. The number of aliphatic hydroxyl groups excluding tert-OH is 1. The highest BCUT2D eigenvalue weighted by Crippen LogP contribution is 2.61. The van der Waals surface area contributed by atoms with Crippen molar-refractivity contribution in [3.63, 3.8) is 0 Å². The molecule has 0 saturated carbocycles. The zero-order valence-electron chi connectivity index (χ0n) is 11.4. The van der Waals surface area contributed by atoms with Crippen molar-refractivity contribution < 1.29 is 14.6 Å². The number of halogens is 2. The molecular formula is C16H14Cl2O3. The topological polar surface area (TPSA) is 46.5 Å². The first-order valence-electron chi connectivity index (χ1n) is 7.03. The van der Waals surface area contributed by atoms with Gasteiger partial charge in [0.25, 0.3) is 0 Å². The van der Waals surface area contributed by atoms with E-state index in [0.717, 1.165) is 12.8 Å². The lowest BCUT2D eigenvalue weighted by atomic mass is 9.68. The van der Waals surface area contributed by atoms with Crippen molar-refractivity contribution in [1.29, 1.82) is 0 Å². The molecule has 0 spiro atoms. The van der Waals surface area contributed by atoms with Crippen molar-refractivity contribution in [2.24, 2.45) is 11.3 Å². The molecule has 4 rings (SSSR count). The van der Waals surface area contributed by atoms with Crippen LogP contribution in [0.1, 0.15) is 25.3 Å². The Labute approximate surface area is 132 Å². The van der Waals surface area contributed by atoms with Crippen molar-refractivity contribution in [3.05, 3.63) is 39.6 Å². The summed E-state index contributed by atoms with van der Waals surface area (Å²) >= 11 is 12.2. The van der Waals surface area contributed by atoms with E-state index in [-0.39, 0.29) is 29.7 Å². The highest BCUT2D eigenvalue weighted by molar-refractivity contribution is 6.38. The summed E-state index contributed by atoms with van der Waals surface area (Å²) in [7, 11) is 0. The van der Waals surface area contributed by atoms with Crippen molar-refractivity contribution in [1.82, 2.24) is 0 Å². The van der Waals surface area contributed by atoms with E-state index in [2.05, 4.69) is 0 Å². The van der Waals surface area contributed by atoms with E-state index >= 15 is 0 Å². The van der Waals surface area contributed by atoms with Gasteiger partial charge in [0.1, 0.15) is 5.76 Å². The van der Waals surface area contributed by atoms with Crippen molar-refractivity contribution in [2.75, 3.05) is 0 Å². The fraction of sp³-hybridized carbons (Fsp3) is 0.438. The zero-order chi connectivity index (χ0) is 14.9. The minimum Gasteiger partial charge on any atom is -0.511 e. The van der Waals surface area contributed by atoms with Gasteiger partial charge < -0.3 is 9.84 Å². The number of carbonyl (C=O) groups excluding carboxylic acids is 1. The summed E-state index contributed by atoms with van der Waals surface area (Å²) in [6.07, 6.45) is 1.57. The van der Waals surface area contributed by atoms with Crippen LogP contribution in [0.5, 0.6) is 0 Å². The van der Waals surface area contributed by atoms with Crippen LogP contribution < -0.4 is 0 Å². The zero-order valence-corrected chi connectivity index (χ0v) is 12.9. The molecule has 0 aromatic heterocycles. The van der Waals surface area contributed by atoms with E-state index in [0.29, 0.717) is 21.2 Å². The van der Waals surface area contributed by atoms with Crippen LogP contribution in [0.15, 0.2) is 24.0 Å². The summed E-state index contributed by atoms with van der Waals surface area (Å²) in [6.45, 7) is 1.89. The first-order valence-corrected chi connectivity index (χ1v) is 7.79. The molecule has 1 aromatic carbocycles. The molecule has 2 fully saturated rings. The summed E-state index contributed by atoms with van der Waals surface area (Å²) in [5.41, 5.74) is 0.158. The first kappa shape index (κ1) is 13.6. The molecule has 2 bridgehead atoms. The number of ketones is 1. The highest BCUT2D eigenvalue weighted by atomic mass is 35.5. The predicted molar refractivity (Wildman–Crippen MR) is 80.5 cm³/mol. The molecule has 2 saturated heterocycles. The van der Waals surface area contributed by atoms with Gasteiger partial charge in [-0.05, 0) is 38.0 Å². The normalized spacial score (nSPS) is 37.5. The predicted octanol–water partition coefficient (Wildman–Crippen LogP) is 4.03. The third-order valence-electron chi connectivity index (χ3n) is 5.20. The molecule has 2 aliphatic heterocycles. The van der Waals surface area contributed by atoms with E-state index in [4.69, 9.17) is 27.9 Å². The summed E-state index contributed by atoms with van der Waals surface area (Å²) in [6, 6.07) is 4.95. The quantitative estimate of drug-likeness (QED) is 0.848. The molecule has 0 unspecified atom stereocenters. The van der Waals surface area contributed by atoms with E-state index in [1.807, 2.05) is 6.92 Å². The van der Waals surface area contributed by atoms with Crippen molar-refractivity contribution >= 4 is 34.6 Å². The second kappa shape index (κ2) is 4.25. The van der Waals surface area contributed by atoms with Crippen LogP contribution in [-0.2, 0) is 9.53 Å². The average molecular weight is 325 g/mol. The SMILES string of the molecule is C[C@@]12C(=O)C(c3cc(Cl)ccc3Cl)=C(O)[C@@H]1[C@H]1CC[C@@H]2O1. The third-order valence-corrected chi connectivity index (χ3v) is 5.77. The molecule has 1 N–H and O–H groups in total. The third kappa shape index (κ3) is 1.57. The molecule has 2 heterocycles. The molecule has 4 atom stereocenters. The van der Waals surface area contributed by atoms with Gasteiger partial charge >= 0.3 is 0 Å². The fourth-order valence-corrected chi connectivity index (χ4v) is 4.56. The lowest BCUT2D eigenvalue weighted by Crippen LogP contribution is -2.40. The minimum atomic E-state index is -0.673. The van der Waals surface area contributed by atoms with Crippen LogP contribution in [0.2, 0.25) is 10.0 Å². The average Bonchev–Trinajstić information content (AvgIpc) is 3.06. The molecule has 110 valence electrons. The lowest BCUT2D eigenvalue weighted by molar-refractivity contribution is -0.125. The first-order chi connectivity index (χ1) is 9.94. The Bertz CT molecular complexity index is 697. The van der Waals surface area contributed by atoms with Crippen molar-refractivity contribution in [3.8, 4) is 0 Å². The number of hydrogen-bond acceptors (Lipinski definition) is 3. The second-order valence-corrected chi connectivity index (χ2v) is 7.06. The number of rotatable bonds is 1. The van der Waals surface area contributed by atoms with Gasteiger partial charge in [-0.25, -0.2) is 0 Å². The molecule has 5 heteroatoms. The van der Waals surface area contributed by atoms with E-state index in [1.165, 1.54) is 0 Å². The van der Waals surface area contributed by atoms with Gasteiger partial charge in [-0.3, -0.25) is 4.79 Å². The van der Waals surface area contributed by atoms with E-state index < -0.39 is 5.41 Å². The molecule has 0 radical (unpaired) electrons. The number of carbonyl (C=O) groups is 1. The minimum absolute atomic E-state index is 0.0700. The van der Waals surface area contributed by atoms with Crippen LogP contribution in [0, 0.1) is 11.3 Å². The Balaban J connectivity index is 1.90. The van der Waals surface area contributed by atoms with Gasteiger partial charge in [-0.2, -0.15) is 0 Å². The monoisotopic (exact) mass is 324 g/mol. The van der Waals surface area contributed by atoms with Gasteiger partial charge in [0.2, 0.25) is 0 Å². The Morgan fingerprint density at radius 3 is 2.81 bits per heavy atom. The number of benzene rings is 1.